The minimum absolute atomic E-state index is 0.0957. The second-order valence-electron chi connectivity index (χ2n) is 5.08. The van der Waals surface area contributed by atoms with Gasteiger partial charge in [-0.05, 0) is 17.7 Å². The van der Waals surface area contributed by atoms with E-state index >= 15 is 0 Å². The molecule has 1 fully saturated rings. The van der Waals surface area contributed by atoms with Gasteiger partial charge in [-0.1, -0.05) is 18.2 Å². The van der Waals surface area contributed by atoms with Crippen LogP contribution in [0.4, 0.5) is 4.79 Å². The van der Waals surface area contributed by atoms with Gasteiger partial charge in [0.2, 0.25) is 5.91 Å². The summed E-state index contributed by atoms with van der Waals surface area (Å²) in [5.41, 5.74) is 1.76. The molecule has 1 aromatic heterocycles. The van der Waals surface area contributed by atoms with E-state index in [9.17, 15) is 14.4 Å². The molecule has 118 valence electrons. The molecule has 1 aliphatic heterocycles. The number of carbonyl (C=O) groups is 3. The molecule has 0 unspecified atom stereocenters. The first-order valence-corrected chi connectivity index (χ1v) is 7.09. The molecular formula is C15H15N5O3. The Labute approximate surface area is 131 Å². The van der Waals surface area contributed by atoms with Crippen LogP contribution in [0, 0.1) is 0 Å². The van der Waals surface area contributed by atoms with Gasteiger partial charge in [0.15, 0.2) is 0 Å². The third kappa shape index (κ3) is 3.37. The zero-order valence-electron chi connectivity index (χ0n) is 12.2. The van der Waals surface area contributed by atoms with E-state index in [1.165, 1.54) is 0 Å². The molecule has 1 aromatic carbocycles. The van der Waals surface area contributed by atoms with Gasteiger partial charge < -0.3 is 10.6 Å². The van der Waals surface area contributed by atoms with Gasteiger partial charge in [0.1, 0.15) is 6.04 Å². The molecule has 3 N–H and O–H groups in total. The normalized spacial score (nSPS) is 16.8. The lowest BCUT2D eigenvalue weighted by molar-refractivity contribution is -0.126. The van der Waals surface area contributed by atoms with Crippen molar-refractivity contribution in [1.29, 1.82) is 0 Å². The molecule has 0 saturated carbocycles. The largest absolute Gasteiger partial charge is 0.352 e. The van der Waals surface area contributed by atoms with Crippen LogP contribution in [0.25, 0.3) is 5.69 Å². The number of amides is 4. The van der Waals surface area contributed by atoms with Crippen molar-refractivity contribution in [2.24, 2.45) is 0 Å². The number of aromatic nitrogens is 2. The molecule has 1 atom stereocenters. The number of rotatable bonds is 5. The van der Waals surface area contributed by atoms with Gasteiger partial charge in [-0.15, -0.1) is 0 Å². The van der Waals surface area contributed by atoms with Crippen LogP contribution in [0.1, 0.15) is 12.0 Å². The van der Waals surface area contributed by atoms with E-state index < -0.39 is 18.0 Å². The third-order valence-electron chi connectivity index (χ3n) is 3.47. The summed E-state index contributed by atoms with van der Waals surface area (Å²) >= 11 is 0. The van der Waals surface area contributed by atoms with E-state index in [1.807, 2.05) is 36.5 Å². The Morgan fingerprint density at radius 2 is 2.09 bits per heavy atom. The van der Waals surface area contributed by atoms with E-state index in [1.54, 1.807) is 10.9 Å². The van der Waals surface area contributed by atoms with Crippen molar-refractivity contribution in [3.8, 4) is 5.69 Å². The summed E-state index contributed by atoms with van der Waals surface area (Å²) in [6.07, 6.45) is 3.40. The predicted molar refractivity (Wildman–Crippen MR) is 80.5 cm³/mol. The maximum Gasteiger partial charge on any atom is 0.322 e. The maximum atomic E-state index is 12.0. The molecule has 2 aromatic rings. The van der Waals surface area contributed by atoms with Crippen LogP contribution >= 0.6 is 0 Å². The third-order valence-corrected chi connectivity index (χ3v) is 3.47. The molecular weight excluding hydrogens is 298 g/mol. The molecule has 1 aliphatic rings. The molecule has 0 bridgehead atoms. The molecule has 8 nitrogen and oxygen atoms in total. The van der Waals surface area contributed by atoms with Crippen LogP contribution in [-0.2, 0) is 16.1 Å². The lowest BCUT2D eigenvalue weighted by Gasteiger charge is -2.12. The summed E-state index contributed by atoms with van der Waals surface area (Å²) in [7, 11) is 0. The number of para-hydroxylation sites is 1. The SMILES string of the molecule is O=C(C[C@@H]1NC(=O)NC1=O)NCc1ccccc1-n1cccn1. The lowest BCUT2D eigenvalue weighted by Crippen LogP contribution is -2.36. The van der Waals surface area contributed by atoms with E-state index in [0.29, 0.717) is 6.54 Å². The summed E-state index contributed by atoms with van der Waals surface area (Å²) in [6, 6.07) is 7.98. The number of imide groups is 1. The van der Waals surface area contributed by atoms with E-state index in [0.717, 1.165) is 11.3 Å². The topological polar surface area (TPSA) is 105 Å². The zero-order chi connectivity index (χ0) is 16.2. The van der Waals surface area contributed by atoms with Gasteiger partial charge in [0.05, 0.1) is 12.1 Å². The number of carbonyl (C=O) groups excluding carboxylic acids is 3. The molecule has 0 aliphatic carbocycles. The second-order valence-corrected chi connectivity index (χ2v) is 5.08. The summed E-state index contributed by atoms with van der Waals surface area (Å²) in [5.74, 6) is -0.801. The lowest BCUT2D eigenvalue weighted by atomic mass is 10.1. The van der Waals surface area contributed by atoms with Crippen LogP contribution in [0.5, 0.6) is 0 Å². The smallest absolute Gasteiger partial charge is 0.322 e. The van der Waals surface area contributed by atoms with Crippen LogP contribution in [0.3, 0.4) is 0 Å². The van der Waals surface area contributed by atoms with Crippen molar-refractivity contribution in [3.63, 3.8) is 0 Å². The van der Waals surface area contributed by atoms with Crippen molar-refractivity contribution in [2.75, 3.05) is 0 Å². The fourth-order valence-corrected chi connectivity index (χ4v) is 2.35. The van der Waals surface area contributed by atoms with Crippen LogP contribution in [0.15, 0.2) is 42.7 Å². The van der Waals surface area contributed by atoms with Gasteiger partial charge in [0, 0.05) is 18.9 Å². The summed E-state index contributed by atoms with van der Waals surface area (Å²) < 4.78 is 1.71. The number of urea groups is 1. The highest BCUT2D eigenvalue weighted by atomic mass is 16.2. The van der Waals surface area contributed by atoms with Crippen LogP contribution in [0.2, 0.25) is 0 Å². The molecule has 2 heterocycles. The first-order valence-electron chi connectivity index (χ1n) is 7.09. The molecule has 8 heteroatoms. The van der Waals surface area contributed by atoms with Crippen molar-refractivity contribution in [3.05, 3.63) is 48.3 Å². The van der Waals surface area contributed by atoms with Crippen LogP contribution in [-0.4, -0.2) is 33.7 Å². The summed E-state index contributed by atoms with van der Waals surface area (Å²) in [5, 5.41) is 11.4. The molecule has 23 heavy (non-hydrogen) atoms. The van der Waals surface area contributed by atoms with Crippen molar-refractivity contribution < 1.29 is 14.4 Å². The predicted octanol–water partition coefficient (Wildman–Crippen LogP) is 0.0866. The fraction of sp³-hybridized carbons (Fsp3) is 0.200. The number of nitrogens with zero attached hydrogens (tertiary/aromatic N) is 2. The van der Waals surface area contributed by atoms with Crippen molar-refractivity contribution >= 4 is 17.8 Å². The Bertz CT molecular complexity index is 741. The number of hydrogen-bond donors (Lipinski definition) is 3. The number of hydrogen-bond acceptors (Lipinski definition) is 4. The van der Waals surface area contributed by atoms with Gasteiger partial charge in [-0.2, -0.15) is 5.10 Å². The minimum Gasteiger partial charge on any atom is -0.352 e. The standard InChI is InChI=1S/C15H15N5O3/c21-13(8-11-14(22)19-15(23)18-11)16-9-10-4-1-2-5-12(10)20-7-3-6-17-20/h1-7,11H,8-9H2,(H,16,21)(H2,18,19,22,23)/t11-/m0/s1. The van der Waals surface area contributed by atoms with Gasteiger partial charge >= 0.3 is 6.03 Å². The van der Waals surface area contributed by atoms with Crippen LogP contribution < -0.4 is 16.0 Å². The molecule has 0 radical (unpaired) electrons. The molecule has 0 spiro atoms. The minimum atomic E-state index is -0.816. The Balaban J connectivity index is 1.62. The summed E-state index contributed by atoms with van der Waals surface area (Å²) in [4.78, 5) is 34.4. The highest BCUT2D eigenvalue weighted by Crippen LogP contribution is 2.13. The van der Waals surface area contributed by atoms with Crippen molar-refractivity contribution in [2.45, 2.75) is 19.0 Å². The monoisotopic (exact) mass is 313 g/mol. The Morgan fingerprint density at radius 3 is 2.78 bits per heavy atom. The Kier molecular flexibility index (Phi) is 4.05. The van der Waals surface area contributed by atoms with Gasteiger partial charge in [0.25, 0.3) is 5.91 Å². The molecule has 4 amide bonds. The van der Waals surface area contributed by atoms with E-state index in [4.69, 9.17) is 0 Å². The van der Waals surface area contributed by atoms with E-state index in [2.05, 4.69) is 21.0 Å². The second kappa shape index (κ2) is 6.30. The molecule has 1 saturated heterocycles. The highest BCUT2D eigenvalue weighted by molar-refractivity contribution is 6.05. The van der Waals surface area contributed by atoms with Gasteiger partial charge in [-0.25, -0.2) is 9.48 Å². The number of nitrogens with one attached hydrogen (secondary N) is 3. The first kappa shape index (κ1) is 14.8. The van der Waals surface area contributed by atoms with E-state index in [-0.39, 0.29) is 12.3 Å². The quantitative estimate of drug-likeness (QED) is 0.680. The maximum absolute atomic E-state index is 12.0. The average molecular weight is 313 g/mol. The van der Waals surface area contributed by atoms with Gasteiger partial charge in [-0.3, -0.25) is 14.9 Å². The van der Waals surface area contributed by atoms with Crippen molar-refractivity contribution in [1.82, 2.24) is 25.7 Å². The highest BCUT2D eigenvalue weighted by Gasteiger charge is 2.31. The fourth-order valence-electron chi connectivity index (χ4n) is 2.35. The molecule has 3 rings (SSSR count). The zero-order valence-corrected chi connectivity index (χ0v) is 12.2. The first-order chi connectivity index (χ1) is 11.1. The average Bonchev–Trinajstić information content (AvgIpc) is 3.16. The Morgan fingerprint density at radius 1 is 1.26 bits per heavy atom. The summed E-state index contributed by atoms with van der Waals surface area (Å²) in [6.45, 7) is 0.303. The number of benzene rings is 1. The Hall–Kier alpha value is -3.16.